The Kier molecular flexibility index (Phi) is 8.24. The number of nitrogens with one attached hydrogen (secondary N) is 2. The molecule has 0 aromatic heterocycles. The Labute approximate surface area is 255 Å². The molecule has 2 bridgehead atoms. The van der Waals surface area contributed by atoms with E-state index in [4.69, 9.17) is 4.74 Å². The number of carbonyl (C=O) groups is 3. The molecule has 6 atom stereocenters. The number of benzene rings is 2. The van der Waals surface area contributed by atoms with Gasteiger partial charge >= 0.3 is 0 Å². The van der Waals surface area contributed by atoms with Gasteiger partial charge in [0.15, 0.2) is 0 Å². The Morgan fingerprint density at radius 2 is 1.58 bits per heavy atom. The second-order valence-electron chi connectivity index (χ2n) is 14.8. The van der Waals surface area contributed by atoms with E-state index in [0.717, 1.165) is 17.5 Å². The van der Waals surface area contributed by atoms with Gasteiger partial charge in [0.1, 0.15) is 11.6 Å². The zero-order chi connectivity index (χ0) is 31.2. The Morgan fingerprint density at radius 1 is 0.977 bits per heavy atom. The van der Waals surface area contributed by atoms with Gasteiger partial charge in [0.05, 0.1) is 30.1 Å². The molecule has 0 saturated carbocycles. The van der Waals surface area contributed by atoms with Crippen LogP contribution in [-0.2, 0) is 32.1 Å². The van der Waals surface area contributed by atoms with Crippen molar-refractivity contribution in [2.45, 2.75) is 103 Å². The van der Waals surface area contributed by atoms with E-state index < -0.39 is 40.7 Å². The molecule has 3 heterocycles. The van der Waals surface area contributed by atoms with Crippen molar-refractivity contribution >= 4 is 17.7 Å². The molecule has 3 aliphatic rings. The molecule has 2 aromatic carbocycles. The zero-order valence-corrected chi connectivity index (χ0v) is 26.4. The Hall–Kier alpha value is -3.23. The summed E-state index contributed by atoms with van der Waals surface area (Å²) in [5.74, 6) is -2.42. The first kappa shape index (κ1) is 31.2. The molecule has 43 heavy (non-hydrogen) atoms. The van der Waals surface area contributed by atoms with Crippen LogP contribution in [0.25, 0.3) is 0 Å². The summed E-state index contributed by atoms with van der Waals surface area (Å²) >= 11 is 0. The number of ether oxygens (including phenoxy) is 1. The van der Waals surface area contributed by atoms with Crippen molar-refractivity contribution in [1.82, 2.24) is 15.5 Å². The van der Waals surface area contributed by atoms with Crippen molar-refractivity contribution in [2.75, 3.05) is 6.61 Å². The Morgan fingerprint density at radius 3 is 2.16 bits per heavy atom. The number of fused-ring (bicyclic) bond motifs is 1. The van der Waals surface area contributed by atoms with Crippen molar-refractivity contribution in [1.29, 1.82) is 0 Å². The third-order valence-electron chi connectivity index (χ3n) is 9.41. The number of aliphatic hydroxyl groups excluding tert-OH is 1. The summed E-state index contributed by atoms with van der Waals surface area (Å²) in [6, 6.07) is 17.7. The fourth-order valence-electron chi connectivity index (χ4n) is 8.26. The molecular formula is C35H47N3O5. The topological polar surface area (TPSA) is 108 Å². The van der Waals surface area contributed by atoms with Crippen LogP contribution >= 0.6 is 0 Å². The molecule has 2 aromatic rings. The van der Waals surface area contributed by atoms with Gasteiger partial charge in [-0.25, -0.2) is 0 Å². The maximum absolute atomic E-state index is 14.6. The van der Waals surface area contributed by atoms with E-state index in [0.29, 0.717) is 25.8 Å². The maximum atomic E-state index is 14.6. The van der Waals surface area contributed by atoms with Crippen molar-refractivity contribution in [3.05, 3.63) is 71.8 Å². The molecule has 3 amide bonds. The third-order valence-corrected chi connectivity index (χ3v) is 9.41. The SMILES string of the molecule is CC(C)(C)CC(C)(C)NC(=O)C1N([C@@H](CO)Cc2ccccc2)C(=O)[C@@H]2[C@@H](C(=O)NCc3ccccc3)[C@@]3(C)CCC12O3. The summed E-state index contributed by atoms with van der Waals surface area (Å²) in [7, 11) is 0. The quantitative estimate of drug-likeness (QED) is 0.388. The average molecular weight is 590 g/mol. The Bertz CT molecular complexity index is 1340. The molecule has 8 nitrogen and oxygen atoms in total. The lowest BCUT2D eigenvalue weighted by Crippen LogP contribution is -2.61. The van der Waals surface area contributed by atoms with Crippen molar-refractivity contribution < 1.29 is 24.2 Å². The summed E-state index contributed by atoms with van der Waals surface area (Å²) in [6.45, 7) is 12.3. The van der Waals surface area contributed by atoms with E-state index in [9.17, 15) is 19.5 Å². The molecule has 5 rings (SSSR count). The number of likely N-dealkylation sites (tertiary alicyclic amines) is 1. The number of aliphatic hydroxyl groups is 1. The van der Waals surface area contributed by atoms with E-state index in [1.54, 1.807) is 4.90 Å². The van der Waals surface area contributed by atoms with Crippen LogP contribution in [0.4, 0.5) is 0 Å². The number of carbonyl (C=O) groups excluding carboxylic acids is 3. The van der Waals surface area contributed by atoms with E-state index >= 15 is 0 Å². The van der Waals surface area contributed by atoms with Crippen LogP contribution in [0.2, 0.25) is 0 Å². The molecule has 3 N–H and O–H groups in total. The van der Waals surface area contributed by atoms with E-state index in [1.165, 1.54) is 0 Å². The van der Waals surface area contributed by atoms with Gasteiger partial charge in [-0.1, -0.05) is 81.4 Å². The fraction of sp³-hybridized carbons (Fsp3) is 0.571. The highest BCUT2D eigenvalue weighted by Crippen LogP contribution is 2.63. The molecular weight excluding hydrogens is 542 g/mol. The van der Waals surface area contributed by atoms with Crippen LogP contribution in [0.3, 0.4) is 0 Å². The third kappa shape index (κ3) is 5.96. The highest BCUT2D eigenvalue weighted by atomic mass is 16.5. The van der Waals surface area contributed by atoms with Crippen molar-refractivity contribution in [2.24, 2.45) is 17.3 Å². The van der Waals surface area contributed by atoms with Gasteiger partial charge in [0, 0.05) is 12.1 Å². The fourth-order valence-corrected chi connectivity index (χ4v) is 8.26. The summed E-state index contributed by atoms with van der Waals surface area (Å²) in [6.07, 6.45) is 2.15. The molecule has 0 aliphatic carbocycles. The summed E-state index contributed by atoms with van der Waals surface area (Å²) in [4.78, 5) is 44.4. The van der Waals surface area contributed by atoms with Crippen LogP contribution in [0, 0.1) is 17.3 Å². The molecule has 2 unspecified atom stereocenters. The van der Waals surface area contributed by atoms with Gasteiger partial charge < -0.3 is 25.4 Å². The second kappa shape index (κ2) is 11.4. The van der Waals surface area contributed by atoms with Gasteiger partial charge in [-0.2, -0.15) is 0 Å². The van der Waals surface area contributed by atoms with Crippen LogP contribution in [0.1, 0.15) is 71.9 Å². The molecule has 8 heteroatoms. The van der Waals surface area contributed by atoms with Gasteiger partial charge in [0.25, 0.3) is 0 Å². The van der Waals surface area contributed by atoms with Gasteiger partial charge in [-0.05, 0) is 63.0 Å². The zero-order valence-electron chi connectivity index (χ0n) is 26.4. The van der Waals surface area contributed by atoms with E-state index in [1.807, 2.05) is 81.4 Å². The van der Waals surface area contributed by atoms with Crippen LogP contribution < -0.4 is 10.6 Å². The normalized spacial score (nSPS) is 29.0. The monoisotopic (exact) mass is 589 g/mol. The first-order chi connectivity index (χ1) is 20.2. The van der Waals surface area contributed by atoms with Crippen LogP contribution in [0.15, 0.2) is 60.7 Å². The summed E-state index contributed by atoms with van der Waals surface area (Å²) in [5, 5.41) is 17.0. The number of nitrogens with zero attached hydrogens (tertiary/aromatic N) is 1. The number of hydrogen-bond donors (Lipinski definition) is 3. The molecule has 1 spiro atoms. The lowest BCUT2D eigenvalue weighted by Gasteiger charge is -2.40. The van der Waals surface area contributed by atoms with Gasteiger partial charge in [0.2, 0.25) is 17.7 Å². The van der Waals surface area contributed by atoms with E-state index in [2.05, 4.69) is 31.4 Å². The molecule has 0 radical (unpaired) electrons. The van der Waals surface area contributed by atoms with Gasteiger partial charge in [-0.15, -0.1) is 0 Å². The lowest BCUT2D eigenvalue weighted by atomic mass is 9.66. The molecule has 3 fully saturated rings. The predicted octanol–water partition coefficient (Wildman–Crippen LogP) is 4.00. The largest absolute Gasteiger partial charge is 0.394 e. The predicted molar refractivity (Wildman–Crippen MR) is 165 cm³/mol. The maximum Gasteiger partial charge on any atom is 0.246 e. The lowest BCUT2D eigenvalue weighted by molar-refractivity contribution is -0.150. The molecule has 3 aliphatic heterocycles. The first-order valence-corrected chi connectivity index (χ1v) is 15.5. The Balaban J connectivity index is 1.51. The van der Waals surface area contributed by atoms with Gasteiger partial charge in [-0.3, -0.25) is 14.4 Å². The minimum absolute atomic E-state index is 0.0402. The second-order valence-corrected chi connectivity index (χ2v) is 14.8. The molecule has 232 valence electrons. The number of amides is 3. The average Bonchev–Trinajstić information content (AvgIpc) is 3.50. The highest BCUT2D eigenvalue weighted by Gasteiger charge is 2.78. The standard InChI is InChI=1S/C35H47N3O5/c1-32(2,3)22-33(4,5)37-30(41)28-35-18-17-34(6,43-35)26(29(40)36-20-24-15-11-8-12-16-24)27(35)31(42)38(28)25(21-39)19-23-13-9-7-10-14-23/h7-16,25-28,39H,17-22H2,1-6H3,(H,36,40)(H,37,41)/t25-,26+,27+,28?,34-,35?/m1/s1. The summed E-state index contributed by atoms with van der Waals surface area (Å²) in [5.41, 5.74) is -0.722. The van der Waals surface area contributed by atoms with E-state index in [-0.39, 0.29) is 29.7 Å². The van der Waals surface area contributed by atoms with Crippen LogP contribution in [-0.4, -0.2) is 63.2 Å². The van der Waals surface area contributed by atoms with Crippen LogP contribution in [0.5, 0.6) is 0 Å². The molecule has 3 saturated heterocycles. The minimum atomic E-state index is -1.16. The van der Waals surface area contributed by atoms with Crippen molar-refractivity contribution in [3.8, 4) is 0 Å². The number of rotatable bonds is 10. The first-order valence-electron chi connectivity index (χ1n) is 15.5. The van der Waals surface area contributed by atoms with Crippen molar-refractivity contribution in [3.63, 3.8) is 0 Å². The minimum Gasteiger partial charge on any atom is -0.394 e. The highest BCUT2D eigenvalue weighted by molar-refractivity contribution is 5.99. The summed E-state index contributed by atoms with van der Waals surface area (Å²) < 4.78 is 6.79. The smallest absolute Gasteiger partial charge is 0.246 e. The number of hydrogen-bond acceptors (Lipinski definition) is 5.